The van der Waals surface area contributed by atoms with Crippen molar-refractivity contribution in [2.24, 2.45) is 5.92 Å². The van der Waals surface area contributed by atoms with E-state index in [1.54, 1.807) is 5.57 Å². The van der Waals surface area contributed by atoms with Gasteiger partial charge >= 0.3 is 0 Å². The highest BCUT2D eigenvalue weighted by Crippen LogP contribution is 2.32. The molecule has 0 fully saturated rings. The summed E-state index contributed by atoms with van der Waals surface area (Å²) in [5, 5.41) is 0. The van der Waals surface area contributed by atoms with E-state index in [-0.39, 0.29) is 0 Å². The SMILES string of the molecule is CCCC1=CC2C=CCOC2C=C1CCC. The molecule has 0 aromatic carbocycles. The Kier molecular flexibility index (Phi) is 4.00. The van der Waals surface area contributed by atoms with Gasteiger partial charge in [-0.15, -0.1) is 0 Å². The summed E-state index contributed by atoms with van der Waals surface area (Å²) in [6, 6.07) is 0. The number of hydrogen-bond donors (Lipinski definition) is 0. The smallest absolute Gasteiger partial charge is 0.0863 e. The zero-order valence-electron chi connectivity index (χ0n) is 10.4. The highest BCUT2D eigenvalue weighted by Gasteiger charge is 2.24. The van der Waals surface area contributed by atoms with Crippen LogP contribution in [0, 0.1) is 5.92 Å². The first kappa shape index (κ1) is 11.7. The van der Waals surface area contributed by atoms with E-state index < -0.39 is 0 Å². The molecular formula is C15H22O. The van der Waals surface area contributed by atoms with E-state index in [1.807, 2.05) is 0 Å². The summed E-state index contributed by atoms with van der Waals surface area (Å²) < 4.78 is 5.78. The molecule has 1 aliphatic heterocycles. The average molecular weight is 218 g/mol. The van der Waals surface area contributed by atoms with Gasteiger partial charge in [0.2, 0.25) is 0 Å². The van der Waals surface area contributed by atoms with E-state index in [1.165, 1.54) is 31.3 Å². The molecule has 2 atom stereocenters. The normalized spacial score (nSPS) is 28.4. The maximum atomic E-state index is 5.78. The van der Waals surface area contributed by atoms with Gasteiger partial charge in [0.1, 0.15) is 0 Å². The molecule has 1 nitrogen and oxygen atoms in total. The molecule has 0 saturated carbocycles. The van der Waals surface area contributed by atoms with Crippen LogP contribution in [0.15, 0.2) is 35.5 Å². The molecule has 0 bridgehead atoms. The highest BCUT2D eigenvalue weighted by molar-refractivity contribution is 5.38. The molecule has 2 aliphatic rings. The van der Waals surface area contributed by atoms with Crippen LogP contribution in [0.3, 0.4) is 0 Å². The van der Waals surface area contributed by atoms with Gasteiger partial charge in [-0.3, -0.25) is 0 Å². The lowest BCUT2D eigenvalue weighted by Gasteiger charge is -2.30. The fraction of sp³-hybridized carbons (Fsp3) is 0.600. The predicted octanol–water partition coefficient (Wildman–Crippen LogP) is 4.02. The summed E-state index contributed by atoms with van der Waals surface area (Å²) in [6.07, 6.45) is 14.4. The van der Waals surface area contributed by atoms with E-state index in [0.717, 1.165) is 6.61 Å². The van der Waals surface area contributed by atoms with Crippen molar-refractivity contribution in [1.82, 2.24) is 0 Å². The zero-order valence-corrected chi connectivity index (χ0v) is 10.4. The van der Waals surface area contributed by atoms with Crippen LogP contribution in [0.1, 0.15) is 39.5 Å². The van der Waals surface area contributed by atoms with Crippen LogP contribution in [-0.2, 0) is 4.74 Å². The Labute approximate surface area is 98.9 Å². The van der Waals surface area contributed by atoms with E-state index >= 15 is 0 Å². The molecule has 1 heterocycles. The summed E-state index contributed by atoms with van der Waals surface area (Å²) in [7, 11) is 0. The number of ether oxygens (including phenoxy) is 1. The predicted molar refractivity (Wildman–Crippen MR) is 68.4 cm³/mol. The minimum Gasteiger partial charge on any atom is -0.369 e. The van der Waals surface area contributed by atoms with Crippen molar-refractivity contribution in [2.45, 2.75) is 45.6 Å². The van der Waals surface area contributed by atoms with Crippen LogP contribution < -0.4 is 0 Å². The quantitative estimate of drug-likeness (QED) is 0.647. The van der Waals surface area contributed by atoms with E-state index in [0.29, 0.717) is 12.0 Å². The lowest BCUT2D eigenvalue weighted by atomic mass is 9.84. The number of allylic oxidation sites excluding steroid dienone is 2. The Bertz CT molecular complexity index is 322. The fourth-order valence-electron chi connectivity index (χ4n) is 2.58. The topological polar surface area (TPSA) is 9.23 Å². The Morgan fingerprint density at radius 2 is 1.81 bits per heavy atom. The summed E-state index contributed by atoms with van der Waals surface area (Å²) in [5.41, 5.74) is 3.08. The van der Waals surface area contributed by atoms with Crippen molar-refractivity contribution < 1.29 is 4.74 Å². The first-order chi connectivity index (χ1) is 7.85. The molecule has 2 unspecified atom stereocenters. The van der Waals surface area contributed by atoms with Crippen LogP contribution in [-0.4, -0.2) is 12.7 Å². The lowest BCUT2D eigenvalue weighted by Crippen LogP contribution is -2.26. The third-order valence-electron chi connectivity index (χ3n) is 3.33. The Morgan fingerprint density at radius 3 is 2.50 bits per heavy atom. The van der Waals surface area contributed by atoms with Gasteiger partial charge in [0, 0.05) is 5.92 Å². The van der Waals surface area contributed by atoms with E-state index in [2.05, 4.69) is 38.2 Å². The fourth-order valence-corrected chi connectivity index (χ4v) is 2.58. The molecule has 1 aliphatic carbocycles. The minimum absolute atomic E-state index is 0.298. The van der Waals surface area contributed by atoms with Crippen LogP contribution in [0.4, 0.5) is 0 Å². The molecule has 0 N–H and O–H groups in total. The van der Waals surface area contributed by atoms with Gasteiger partial charge in [-0.25, -0.2) is 0 Å². The summed E-state index contributed by atoms with van der Waals surface area (Å²) in [4.78, 5) is 0. The second-order valence-electron chi connectivity index (χ2n) is 4.69. The van der Waals surface area contributed by atoms with Gasteiger partial charge < -0.3 is 4.74 Å². The van der Waals surface area contributed by atoms with Crippen molar-refractivity contribution in [3.63, 3.8) is 0 Å². The average Bonchev–Trinajstić information content (AvgIpc) is 2.30. The second kappa shape index (κ2) is 5.49. The molecule has 0 spiro atoms. The summed E-state index contributed by atoms with van der Waals surface area (Å²) in [6.45, 7) is 5.27. The van der Waals surface area contributed by atoms with Crippen LogP contribution in [0.5, 0.6) is 0 Å². The largest absolute Gasteiger partial charge is 0.369 e. The molecular weight excluding hydrogens is 196 g/mol. The van der Waals surface area contributed by atoms with Crippen molar-refractivity contribution in [1.29, 1.82) is 0 Å². The summed E-state index contributed by atoms with van der Waals surface area (Å²) in [5.74, 6) is 0.482. The van der Waals surface area contributed by atoms with Gasteiger partial charge in [0.05, 0.1) is 12.7 Å². The van der Waals surface area contributed by atoms with Gasteiger partial charge in [-0.05, 0) is 24.0 Å². The minimum atomic E-state index is 0.298. The highest BCUT2D eigenvalue weighted by atomic mass is 16.5. The van der Waals surface area contributed by atoms with Crippen molar-refractivity contribution >= 4 is 0 Å². The second-order valence-corrected chi connectivity index (χ2v) is 4.69. The van der Waals surface area contributed by atoms with Crippen LogP contribution >= 0.6 is 0 Å². The molecule has 0 aromatic rings. The van der Waals surface area contributed by atoms with Gasteiger partial charge in [0.15, 0.2) is 0 Å². The zero-order chi connectivity index (χ0) is 11.4. The standard InChI is InChI=1S/C15H22O/c1-3-6-12-10-14-8-5-9-16-15(14)11-13(12)7-4-2/h5,8,10-11,14-15H,3-4,6-7,9H2,1-2H3. The first-order valence-electron chi connectivity index (χ1n) is 6.55. The molecule has 0 aromatic heterocycles. The first-order valence-corrected chi connectivity index (χ1v) is 6.55. The monoisotopic (exact) mass is 218 g/mol. The van der Waals surface area contributed by atoms with E-state index in [4.69, 9.17) is 4.74 Å². The van der Waals surface area contributed by atoms with Crippen LogP contribution in [0.25, 0.3) is 0 Å². The van der Waals surface area contributed by atoms with Crippen molar-refractivity contribution in [3.05, 3.63) is 35.5 Å². The van der Waals surface area contributed by atoms with Gasteiger partial charge in [0.25, 0.3) is 0 Å². The molecule has 16 heavy (non-hydrogen) atoms. The third-order valence-corrected chi connectivity index (χ3v) is 3.33. The Balaban J connectivity index is 2.19. The number of hydrogen-bond acceptors (Lipinski definition) is 1. The summed E-state index contributed by atoms with van der Waals surface area (Å²) >= 11 is 0. The molecule has 0 saturated heterocycles. The maximum absolute atomic E-state index is 5.78. The van der Waals surface area contributed by atoms with Crippen molar-refractivity contribution in [2.75, 3.05) is 6.61 Å². The molecule has 88 valence electrons. The number of fused-ring (bicyclic) bond motifs is 1. The molecule has 2 rings (SSSR count). The lowest BCUT2D eigenvalue weighted by molar-refractivity contribution is 0.0788. The van der Waals surface area contributed by atoms with Crippen molar-refractivity contribution in [3.8, 4) is 0 Å². The van der Waals surface area contributed by atoms with Gasteiger partial charge in [-0.1, -0.05) is 51.0 Å². The van der Waals surface area contributed by atoms with E-state index in [9.17, 15) is 0 Å². The van der Waals surface area contributed by atoms with Gasteiger partial charge in [-0.2, -0.15) is 0 Å². The maximum Gasteiger partial charge on any atom is 0.0863 e. The third kappa shape index (κ3) is 2.46. The Morgan fingerprint density at radius 1 is 1.12 bits per heavy atom. The van der Waals surface area contributed by atoms with Crippen LogP contribution in [0.2, 0.25) is 0 Å². The molecule has 0 amide bonds. The Hall–Kier alpha value is -0.820. The number of rotatable bonds is 4. The molecule has 1 heteroatoms. The molecule has 0 radical (unpaired) electrons.